The molecule has 2 aromatic heterocycles. The van der Waals surface area contributed by atoms with Gasteiger partial charge < -0.3 is 15.2 Å². The Kier molecular flexibility index (Phi) is 3.85. The Morgan fingerprint density at radius 3 is 2.50 bits per heavy atom. The summed E-state index contributed by atoms with van der Waals surface area (Å²) in [6.07, 6.45) is 3.94. The molecule has 0 fully saturated rings. The molecule has 0 atom stereocenters. The van der Waals surface area contributed by atoms with Crippen molar-refractivity contribution in [1.82, 2.24) is 15.0 Å². The Morgan fingerprint density at radius 1 is 1.15 bits per heavy atom. The first-order valence-electron chi connectivity index (χ1n) is 5.48. The maximum absolute atomic E-state index is 12.0. The number of hydrogen-bond acceptors (Lipinski definition) is 6. The maximum atomic E-state index is 12.0. The van der Waals surface area contributed by atoms with Crippen LogP contribution in [0.3, 0.4) is 0 Å². The number of hydrogen-bond donors (Lipinski definition) is 2. The summed E-state index contributed by atoms with van der Waals surface area (Å²) in [5, 5.41) is 11.4. The molecule has 2 N–H and O–H groups in total. The molecule has 0 bridgehead atoms. The Bertz CT molecular complexity index is 659. The number of anilines is 1. The summed E-state index contributed by atoms with van der Waals surface area (Å²) < 4.78 is 4.98. The van der Waals surface area contributed by atoms with E-state index < -0.39 is 17.6 Å². The van der Waals surface area contributed by atoms with Crippen LogP contribution < -0.4 is 10.1 Å². The molecule has 1 amide bonds. The van der Waals surface area contributed by atoms with Gasteiger partial charge in [-0.2, -0.15) is 0 Å². The molecular weight excluding hydrogens is 264 g/mol. The molecule has 8 heteroatoms. The lowest BCUT2D eigenvalue weighted by Gasteiger charge is -2.08. The highest BCUT2D eigenvalue weighted by molar-refractivity contribution is 6.08. The van der Waals surface area contributed by atoms with Gasteiger partial charge in [0.05, 0.1) is 7.11 Å². The van der Waals surface area contributed by atoms with Gasteiger partial charge in [-0.25, -0.2) is 19.7 Å². The molecule has 0 aliphatic heterocycles. The molecule has 0 aliphatic rings. The fourth-order valence-electron chi connectivity index (χ4n) is 1.49. The Hall–Kier alpha value is -3.03. The van der Waals surface area contributed by atoms with Crippen LogP contribution in [-0.2, 0) is 0 Å². The number of nitrogens with zero attached hydrogens (tertiary/aromatic N) is 3. The highest BCUT2D eigenvalue weighted by Crippen LogP contribution is 2.20. The highest BCUT2D eigenvalue weighted by atomic mass is 16.5. The average Bonchev–Trinajstić information content (AvgIpc) is 2.47. The lowest BCUT2D eigenvalue weighted by molar-refractivity contribution is 0.0685. The minimum absolute atomic E-state index is 0.210. The van der Waals surface area contributed by atoms with Gasteiger partial charge in [-0.1, -0.05) is 0 Å². The second-order valence-electron chi connectivity index (χ2n) is 3.57. The summed E-state index contributed by atoms with van der Waals surface area (Å²) in [5.74, 6) is -1.83. The number of carboxylic acid groups (broad SMARTS) is 1. The van der Waals surface area contributed by atoms with Crippen LogP contribution in [-0.4, -0.2) is 39.0 Å². The molecule has 0 aliphatic carbocycles. The number of rotatable bonds is 4. The summed E-state index contributed by atoms with van der Waals surface area (Å²) in [4.78, 5) is 34.3. The number of ether oxygens (including phenoxy) is 1. The van der Waals surface area contributed by atoms with Crippen LogP contribution in [0, 0.1) is 0 Å². The third-order valence-electron chi connectivity index (χ3n) is 2.33. The third-order valence-corrected chi connectivity index (χ3v) is 2.33. The van der Waals surface area contributed by atoms with E-state index in [1.54, 1.807) is 12.1 Å². The van der Waals surface area contributed by atoms with Crippen molar-refractivity contribution in [3.8, 4) is 5.88 Å². The first-order valence-corrected chi connectivity index (χ1v) is 5.48. The van der Waals surface area contributed by atoms with Crippen molar-refractivity contribution in [2.24, 2.45) is 0 Å². The Balaban J connectivity index is 2.31. The van der Waals surface area contributed by atoms with Crippen molar-refractivity contribution in [2.75, 3.05) is 12.4 Å². The van der Waals surface area contributed by atoms with Crippen LogP contribution in [0.15, 0.2) is 30.7 Å². The summed E-state index contributed by atoms with van der Waals surface area (Å²) in [6, 6.07) is 3.17. The topological polar surface area (TPSA) is 114 Å². The number of methoxy groups -OCH3 is 1. The van der Waals surface area contributed by atoms with Gasteiger partial charge in [0.15, 0.2) is 11.4 Å². The van der Waals surface area contributed by atoms with Crippen molar-refractivity contribution in [3.63, 3.8) is 0 Å². The Labute approximate surface area is 113 Å². The van der Waals surface area contributed by atoms with E-state index >= 15 is 0 Å². The molecule has 0 saturated heterocycles. The van der Waals surface area contributed by atoms with E-state index in [4.69, 9.17) is 9.84 Å². The normalized spacial score (nSPS) is 9.85. The zero-order valence-corrected chi connectivity index (χ0v) is 10.4. The first kappa shape index (κ1) is 13.4. The lowest BCUT2D eigenvalue weighted by atomic mass is 10.2. The van der Waals surface area contributed by atoms with E-state index in [9.17, 15) is 9.59 Å². The first-order chi connectivity index (χ1) is 9.63. The summed E-state index contributed by atoms with van der Waals surface area (Å²) in [5.41, 5.74) is -0.402. The highest BCUT2D eigenvalue weighted by Gasteiger charge is 2.20. The van der Waals surface area contributed by atoms with Crippen LogP contribution in [0.1, 0.15) is 21.0 Å². The standard InChI is InChI=1S/C12H10N4O4/c1-20-11-7(3-2-4-15-11)16-10(17)8-9(12(18)19)14-6-5-13-8/h2-6H,1H3,(H,16,17)(H,18,19). The molecule has 2 rings (SSSR count). The summed E-state index contributed by atoms with van der Waals surface area (Å²) in [7, 11) is 1.41. The van der Waals surface area contributed by atoms with Gasteiger partial charge >= 0.3 is 5.97 Å². The zero-order valence-electron chi connectivity index (χ0n) is 10.4. The molecule has 20 heavy (non-hydrogen) atoms. The summed E-state index contributed by atoms with van der Waals surface area (Å²) >= 11 is 0. The van der Waals surface area contributed by atoms with Gasteiger partial charge in [0.1, 0.15) is 5.69 Å². The maximum Gasteiger partial charge on any atom is 0.356 e. The summed E-state index contributed by atoms with van der Waals surface area (Å²) in [6.45, 7) is 0. The van der Waals surface area contributed by atoms with Crippen molar-refractivity contribution in [2.45, 2.75) is 0 Å². The van der Waals surface area contributed by atoms with Gasteiger partial charge in [-0.3, -0.25) is 4.79 Å². The molecule has 0 aromatic carbocycles. The largest absolute Gasteiger partial charge is 0.480 e. The predicted molar refractivity (Wildman–Crippen MR) is 67.7 cm³/mol. The average molecular weight is 274 g/mol. The van der Waals surface area contributed by atoms with Crippen LogP contribution in [0.25, 0.3) is 0 Å². The number of aromatic nitrogens is 3. The second kappa shape index (κ2) is 5.74. The van der Waals surface area contributed by atoms with Gasteiger partial charge in [0.2, 0.25) is 5.88 Å². The number of pyridine rings is 1. The number of carbonyl (C=O) groups excluding carboxylic acids is 1. The van der Waals surface area contributed by atoms with E-state index in [-0.39, 0.29) is 11.6 Å². The van der Waals surface area contributed by atoms with Crippen LogP contribution in [0.4, 0.5) is 5.69 Å². The minimum atomic E-state index is -1.33. The van der Waals surface area contributed by atoms with Gasteiger partial charge in [-0.05, 0) is 12.1 Å². The SMILES string of the molecule is COc1ncccc1NC(=O)c1nccnc1C(=O)O. The monoisotopic (exact) mass is 274 g/mol. The molecule has 0 radical (unpaired) electrons. The molecular formula is C12H10N4O4. The van der Waals surface area contributed by atoms with Crippen LogP contribution in [0.2, 0.25) is 0 Å². The molecule has 0 unspecified atom stereocenters. The molecule has 0 saturated carbocycles. The van der Waals surface area contributed by atoms with Crippen molar-refractivity contribution in [1.29, 1.82) is 0 Å². The number of carboxylic acids is 1. The van der Waals surface area contributed by atoms with Crippen LogP contribution in [0.5, 0.6) is 5.88 Å². The van der Waals surface area contributed by atoms with Crippen molar-refractivity contribution in [3.05, 3.63) is 42.1 Å². The molecule has 2 heterocycles. The molecule has 102 valence electrons. The number of nitrogens with one attached hydrogen (secondary N) is 1. The lowest BCUT2D eigenvalue weighted by Crippen LogP contribution is -2.19. The molecule has 2 aromatic rings. The quantitative estimate of drug-likeness (QED) is 0.848. The van der Waals surface area contributed by atoms with E-state index in [0.29, 0.717) is 5.69 Å². The van der Waals surface area contributed by atoms with E-state index in [1.807, 2.05) is 0 Å². The number of amides is 1. The van der Waals surface area contributed by atoms with E-state index in [0.717, 1.165) is 0 Å². The third kappa shape index (κ3) is 2.69. The van der Waals surface area contributed by atoms with Crippen LogP contribution >= 0.6 is 0 Å². The molecule has 8 nitrogen and oxygen atoms in total. The predicted octanol–water partition coefficient (Wildman–Crippen LogP) is 0.831. The van der Waals surface area contributed by atoms with E-state index in [2.05, 4.69) is 20.3 Å². The van der Waals surface area contributed by atoms with Gasteiger partial charge in [0.25, 0.3) is 5.91 Å². The van der Waals surface area contributed by atoms with Crippen molar-refractivity contribution >= 4 is 17.6 Å². The van der Waals surface area contributed by atoms with Gasteiger partial charge in [-0.15, -0.1) is 0 Å². The Morgan fingerprint density at radius 2 is 1.85 bits per heavy atom. The zero-order chi connectivity index (χ0) is 14.5. The fourth-order valence-corrected chi connectivity index (χ4v) is 1.49. The fraction of sp³-hybridized carbons (Fsp3) is 0.0833. The second-order valence-corrected chi connectivity index (χ2v) is 3.57. The minimum Gasteiger partial charge on any atom is -0.480 e. The number of carbonyl (C=O) groups is 2. The smallest absolute Gasteiger partial charge is 0.356 e. The number of aromatic carboxylic acids is 1. The molecule has 0 spiro atoms. The van der Waals surface area contributed by atoms with Crippen molar-refractivity contribution < 1.29 is 19.4 Å². The van der Waals surface area contributed by atoms with Gasteiger partial charge in [0, 0.05) is 18.6 Å². The van der Waals surface area contributed by atoms with E-state index in [1.165, 1.54) is 25.7 Å².